The van der Waals surface area contributed by atoms with E-state index in [1.54, 1.807) is 36.4 Å². The maximum Gasteiger partial charge on any atom is 0.490 e. The molecule has 13 atom stereocenters. The molecule has 2 saturated heterocycles. The number of azide groups is 4. The number of amides is 4. The Balaban J connectivity index is 0.000000401. The average molecular weight is 1950 g/mol. The van der Waals surface area contributed by atoms with Crippen molar-refractivity contribution in [3.63, 3.8) is 0 Å². The van der Waals surface area contributed by atoms with E-state index in [1.165, 1.54) is 36.7 Å². The number of aromatic nitrogens is 5. The number of fused-ring (bicyclic) bond motifs is 1. The normalized spacial score (nSPS) is 18.4. The molecule has 0 aliphatic carbocycles. The lowest BCUT2D eigenvalue weighted by Gasteiger charge is -2.22. The Morgan fingerprint density at radius 2 is 1.05 bits per heavy atom. The zero-order valence-corrected chi connectivity index (χ0v) is 73.2. The van der Waals surface area contributed by atoms with Crippen molar-refractivity contribution in [1.82, 2.24) is 45.4 Å². The minimum absolute atomic E-state index is 0.0159. The van der Waals surface area contributed by atoms with Crippen LogP contribution in [0.15, 0.2) is 92.5 Å². The number of ether oxygens (including phenoxy) is 10. The number of nitrogen functional groups attached to an aromatic ring is 2. The van der Waals surface area contributed by atoms with E-state index in [4.69, 9.17) is 100 Å². The first-order valence-corrected chi connectivity index (χ1v) is 46.1. The average Bonchev–Trinajstić information content (AvgIpc) is 1.61. The molecule has 2 aromatic carbocycles. The van der Waals surface area contributed by atoms with Gasteiger partial charge in [0.1, 0.15) is 111 Å². The summed E-state index contributed by atoms with van der Waals surface area (Å²) in [6.45, 7) is -1.36. The Labute approximate surface area is 732 Å². The summed E-state index contributed by atoms with van der Waals surface area (Å²) in [5.74, 6) is 9.39. The molecule has 15 N–H and O–H groups in total. The van der Waals surface area contributed by atoms with Crippen LogP contribution in [0.4, 0.5) is 11.6 Å². The number of anilines is 2. The van der Waals surface area contributed by atoms with E-state index < -0.39 is 147 Å². The van der Waals surface area contributed by atoms with Gasteiger partial charge < -0.3 is 133 Å². The molecule has 0 saturated carbocycles. The van der Waals surface area contributed by atoms with Crippen molar-refractivity contribution in [2.24, 2.45) is 20.5 Å². The molecular weight excluding hydrogens is 1870 g/mol. The Morgan fingerprint density at radius 3 is 1.50 bits per heavy atom. The van der Waals surface area contributed by atoms with E-state index in [1.807, 2.05) is 0 Å². The number of Topliss-reactive ketones (excluding diaryl/α,β-unsaturated/α-hetero) is 2. The largest absolute Gasteiger partial charge is 0.756 e. The molecular formula is C64H84N23O37P6-. The Hall–Kier alpha value is -10.8. The quantitative estimate of drug-likeness (QED) is 0.00662. The maximum absolute atomic E-state index is 12.8. The third-order valence-electron chi connectivity index (χ3n) is 16.1. The first-order valence-electron chi connectivity index (χ1n) is 37.1. The van der Waals surface area contributed by atoms with Crippen LogP contribution in [-0.2, 0) is 111 Å². The second-order valence-corrected chi connectivity index (χ2v) is 34.7. The first kappa shape index (κ1) is 108. The SMILES string of the molecule is CC(=O)CCCNC(=O)c1cccc(OCC(N=[N+]=[N-])OCCOCC(=O)NCC#Cc2cn(C3CC(OCN=[N+]=[N-])C(COP(=O)(O)OP(=O)(O)OP(=O)(O)O)O3)c3ncnc(N)c23)c1.CC(=O)CCCNC(=O)c1cccc(OCC(N=[N+]=[N-])OCCOCC(=O)NCC#Cc2cn(C3C[C@H](OCN=[N+]=[N-])C(COP(=O)(O)OP(=O)(O)OP(=O)([O-])O)O3)c(=O)nc2N)c1. The van der Waals surface area contributed by atoms with Gasteiger partial charge in [-0.2, -0.15) is 17.9 Å². The lowest BCUT2D eigenvalue weighted by Crippen LogP contribution is -2.30. The number of phosphoric ester groups is 2. The van der Waals surface area contributed by atoms with Gasteiger partial charge >= 0.3 is 44.8 Å². The van der Waals surface area contributed by atoms with Gasteiger partial charge in [0.2, 0.25) is 11.8 Å². The fourth-order valence-electron chi connectivity index (χ4n) is 10.7. The van der Waals surface area contributed by atoms with Crippen molar-refractivity contribution in [3.8, 4) is 35.2 Å². The second kappa shape index (κ2) is 53.5. The van der Waals surface area contributed by atoms with E-state index in [0.717, 1.165) is 17.1 Å². The molecule has 7 rings (SSSR count). The van der Waals surface area contributed by atoms with E-state index >= 15 is 0 Å². The number of nitrogens with zero attached hydrogens (tertiary/aromatic N) is 17. The number of nitrogens with two attached hydrogens (primary N) is 2. The molecule has 66 heteroatoms. The highest BCUT2D eigenvalue weighted by Crippen LogP contribution is 2.67. The molecule has 12 unspecified atom stereocenters. The van der Waals surface area contributed by atoms with E-state index in [-0.39, 0.29) is 129 Å². The Morgan fingerprint density at radius 1 is 0.600 bits per heavy atom. The number of hydrogen-bond acceptors (Lipinski definition) is 39. The molecule has 60 nitrogen and oxygen atoms in total. The monoisotopic (exact) mass is 1950 g/mol. The van der Waals surface area contributed by atoms with Crippen LogP contribution in [0.3, 0.4) is 0 Å². The Bertz CT molecular complexity index is 5490. The molecule has 3 aromatic heterocycles. The lowest BCUT2D eigenvalue weighted by atomic mass is 10.2. The van der Waals surface area contributed by atoms with Gasteiger partial charge in [-0.3, -0.25) is 37.4 Å². The molecule has 2 fully saturated rings. The predicted molar refractivity (Wildman–Crippen MR) is 435 cm³/mol. The van der Waals surface area contributed by atoms with Gasteiger partial charge in [0.15, 0.2) is 12.5 Å². The van der Waals surface area contributed by atoms with Gasteiger partial charge in [0.25, 0.3) is 19.6 Å². The summed E-state index contributed by atoms with van der Waals surface area (Å²) in [5, 5.41) is 24.3. The number of hydrogen-bond donors (Lipinski definition) is 13. The molecule has 130 heavy (non-hydrogen) atoms. The summed E-state index contributed by atoms with van der Waals surface area (Å²) in [7, 11) is -34.4. The predicted octanol–water partition coefficient (Wildman–Crippen LogP) is 3.41. The van der Waals surface area contributed by atoms with E-state index in [9.17, 15) is 85.4 Å². The second-order valence-electron chi connectivity index (χ2n) is 25.9. The molecule has 5 heterocycles. The van der Waals surface area contributed by atoms with Crippen LogP contribution in [0.1, 0.15) is 96.7 Å². The van der Waals surface area contributed by atoms with Gasteiger partial charge in [0.05, 0.1) is 81.5 Å². The topological polar surface area (TPSA) is 878 Å². The van der Waals surface area contributed by atoms with Gasteiger partial charge in [-0.25, -0.2) is 41.9 Å². The third-order valence-corrected chi connectivity index (χ3v) is 23.7. The van der Waals surface area contributed by atoms with Crippen LogP contribution in [0, 0.1) is 23.7 Å². The minimum Gasteiger partial charge on any atom is -0.756 e. The fraction of sp³-hybridized carbons (Fsp3) is 0.500. The molecule has 4 amide bonds. The maximum atomic E-state index is 12.8. The van der Waals surface area contributed by atoms with Crippen molar-refractivity contribution in [1.29, 1.82) is 0 Å². The van der Waals surface area contributed by atoms with E-state index in [0.29, 0.717) is 61.4 Å². The van der Waals surface area contributed by atoms with Crippen molar-refractivity contribution in [3.05, 3.63) is 142 Å². The van der Waals surface area contributed by atoms with Crippen LogP contribution in [0.5, 0.6) is 11.5 Å². The number of carbonyl (C=O) groups excluding carboxylic acids is 6. The Kier molecular flexibility index (Phi) is 44.5. The minimum atomic E-state index is -5.90. The van der Waals surface area contributed by atoms with Crippen molar-refractivity contribution >= 4 is 105 Å². The van der Waals surface area contributed by atoms with Crippen molar-refractivity contribution < 1.29 is 169 Å². The highest BCUT2D eigenvalue weighted by molar-refractivity contribution is 7.67. The number of rotatable bonds is 54. The van der Waals surface area contributed by atoms with Gasteiger partial charge in [-0.15, -0.1) is 0 Å². The van der Waals surface area contributed by atoms with Crippen molar-refractivity contribution in [2.45, 2.75) is 102 Å². The molecule has 2 aliphatic rings. The van der Waals surface area contributed by atoms with Crippen LogP contribution in [0.25, 0.3) is 52.8 Å². The van der Waals surface area contributed by atoms with Crippen LogP contribution >= 0.6 is 46.9 Å². The van der Waals surface area contributed by atoms with Crippen LogP contribution < -0.4 is 52.8 Å². The zero-order chi connectivity index (χ0) is 95.7. The molecule has 2 aliphatic heterocycles. The number of carbonyl (C=O) groups is 6. The van der Waals surface area contributed by atoms with Gasteiger partial charge in [-0.1, -0.05) is 56.3 Å². The van der Waals surface area contributed by atoms with Crippen LogP contribution in [-0.4, -0.2) is 236 Å². The summed E-state index contributed by atoms with van der Waals surface area (Å²) in [6.07, 6.45) is -4.02. The van der Waals surface area contributed by atoms with Gasteiger partial charge in [-0.05, 0) is 85.2 Å². The summed E-state index contributed by atoms with van der Waals surface area (Å²) in [6, 6.07) is 12.5. The zero-order valence-electron chi connectivity index (χ0n) is 67.8. The summed E-state index contributed by atoms with van der Waals surface area (Å²) < 4.78 is 152. The first-order chi connectivity index (χ1) is 61.5. The summed E-state index contributed by atoms with van der Waals surface area (Å²) in [4.78, 5) is 183. The number of nitrogens with one attached hydrogen (secondary N) is 4. The third kappa shape index (κ3) is 40.7. The molecule has 0 bridgehead atoms. The fourth-order valence-corrected chi connectivity index (χ4v) is 16.8. The highest BCUT2D eigenvalue weighted by Gasteiger charge is 2.46. The number of phosphoric acid groups is 6. The standard InChI is InChI=1S/C33H43N12O18P3.C31H42N11O19P3/c1-21(46)5-3-10-38-33(48)22-6-2-8-24(13-22)58-18-28(42-44-36)57-12-11-56-17-27(47)37-9-4-7-23-15-45(32-30(23)31(34)39-19-40-32)29-14-25(59-20-41-43-35)26(61-29)16-60-65(52,53)63-66(54,55)62-64(49,50)51;1-20(43)5-3-10-36-30(45)21-6-2-8-23(13-21)56-18-27(39-41-34)55-12-11-54-17-26(44)35-9-4-7-22-15-42(31(46)38-29(22)32)28-14-24(57-19-37-40-33)25(59-28)16-58-63(50,51)61-64(52,53)60-62(47,48)49/h2,6,8,13,15,19,25-26,28-29H,3,5,9-12,14,16-18,20H2,1H3,(H,37,47)(H,38,48)(H,52,53)(H,54,55)(H2,34,39,40)(H2,49,50,51);2,6,8,13,15,24-25,27-28H,3,5,9-12,14,16-19H2,1H3,(H,35,44)(H,36,45)(H,50,51)(H,52,53)(H2,32,38,46)(H2,47,48,49)/p-1/t;24-,25?,27?,28?/m.0/s1. The number of benzene rings is 2. The van der Waals surface area contributed by atoms with E-state index in [2.05, 4.69) is 122 Å². The molecule has 0 radical (unpaired) electrons. The summed E-state index contributed by atoms with van der Waals surface area (Å²) in [5.41, 5.74) is 47.3. The molecule has 708 valence electrons. The van der Waals surface area contributed by atoms with Crippen LogP contribution in [0.2, 0.25) is 0 Å². The lowest BCUT2D eigenvalue weighted by molar-refractivity contribution is -0.212. The van der Waals surface area contributed by atoms with Gasteiger partial charge in [0, 0.05) is 81.9 Å². The van der Waals surface area contributed by atoms with Crippen molar-refractivity contribution in [2.75, 3.05) is 117 Å². The molecule has 0 spiro atoms. The summed E-state index contributed by atoms with van der Waals surface area (Å²) >= 11 is 0. The smallest absolute Gasteiger partial charge is 0.490 e. The highest BCUT2D eigenvalue weighted by atomic mass is 31.3. The molecule has 5 aromatic rings. The number of ketones is 2.